The second kappa shape index (κ2) is 23.6. The van der Waals surface area contributed by atoms with E-state index in [4.69, 9.17) is 0 Å². The van der Waals surface area contributed by atoms with E-state index in [-0.39, 0.29) is 11.8 Å². The fourth-order valence-corrected chi connectivity index (χ4v) is 5.61. The van der Waals surface area contributed by atoms with Crippen LogP contribution in [0.15, 0.2) is 23.4 Å². The van der Waals surface area contributed by atoms with Crippen molar-refractivity contribution in [2.45, 2.75) is 140 Å². The van der Waals surface area contributed by atoms with Crippen LogP contribution in [0.25, 0.3) is 0 Å². The Bertz CT molecular complexity index is 836. The first-order valence-corrected chi connectivity index (χ1v) is 17.6. The van der Waals surface area contributed by atoms with Gasteiger partial charge in [-0.2, -0.15) is 0 Å². The van der Waals surface area contributed by atoms with Crippen molar-refractivity contribution in [3.63, 3.8) is 0 Å². The van der Waals surface area contributed by atoms with E-state index in [1.54, 1.807) is 6.92 Å². The highest BCUT2D eigenvalue weighted by Gasteiger charge is 2.27. The molecule has 43 heavy (non-hydrogen) atoms. The minimum atomic E-state index is 0.225. The summed E-state index contributed by atoms with van der Waals surface area (Å²) >= 11 is 0. The van der Waals surface area contributed by atoms with Crippen molar-refractivity contribution in [3.05, 3.63) is 23.4 Å². The zero-order chi connectivity index (χ0) is 32.9. The minimum absolute atomic E-state index is 0.225. The van der Waals surface area contributed by atoms with Crippen molar-refractivity contribution in [3.8, 4) is 0 Å². The molecule has 2 aliphatic rings. The number of carbonyl (C=O) groups excluding carboxylic acids is 3. The van der Waals surface area contributed by atoms with Gasteiger partial charge in [-0.05, 0) is 106 Å². The zero-order valence-corrected chi connectivity index (χ0v) is 30.2. The maximum atomic E-state index is 12.2. The molecule has 250 valence electrons. The van der Waals surface area contributed by atoms with E-state index < -0.39 is 0 Å². The van der Waals surface area contributed by atoms with Crippen LogP contribution in [-0.4, -0.2) is 54.5 Å². The molecule has 0 spiro atoms. The number of likely N-dealkylation sites (tertiary alicyclic amines) is 1. The molecule has 0 radical (unpaired) electrons. The van der Waals surface area contributed by atoms with Crippen molar-refractivity contribution in [2.24, 2.45) is 35.5 Å². The fourth-order valence-electron chi connectivity index (χ4n) is 5.61. The highest BCUT2D eigenvalue weighted by molar-refractivity contribution is 5.77. The van der Waals surface area contributed by atoms with Gasteiger partial charge in [0.1, 0.15) is 12.1 Å². The van der Waals surface area contributed by atoms with Gasteiger partial charge in [0, 0.05) is 38.0 Å². The fraction of sp³-hybridized carbons (Fsp3) is 0.816. The number of nitrogens with zero attached hydrogens (tertiary/aromatic N) is 2. The summed E-state index contributed by atoms with van der Waals surface area (Å²) in [5, 5.41) is 0. The number of hydrogen-bond acceptors (Lipinski definition) is 4. The average molecular weight is 603 g/mol. The Morgan fingerprint density at radius 2 is 1.58 bits per heavy atom. The quantitative estimate of drug-likeness (QED) is 0.175. The summed E-state index contributed by atoms with van der Waals surface area (Å²) in [6.45, 7) is 24.8. The van der Waals surface area contributed by atoms with E-state index in [2.05, 4.69) is 58.6 Å². The topological polar surface area (TPSA) is 57.7 Å². The van der Waals surface area contributed by atoms with Gasteiger partial charge in [-0.1, -0.05) is 81.2 Å². The Kier molecular flexibility index (Phi) is 22.6. The second-order valence-corrected chi connectivity index (χ2v) is 14.1. The van der Waals surface area contributed by atoms with Crippen molar-refractivity contribution in [1.82, 2.24) is 9.80 Å². The molecule has 1 fully saturated rings. The van der Waals surface area contributed by atoms with Crippen LogP contribution in [0.4, 0.5) is 0 Å². The number of allylic oxidation sites excluding steroid dienone is 4. The van der Waals surface area contributed by atoms with Gasteiger partial charge in [-0.3, -0.25) is 4.79 Å². The van der Waals surface area contributed by atoms with E-state index >= 15 is 0 Å². The van der Waals surface area contributed by atoms with Crippen LogP contribution in [0.2, 0.25) is 0 Å². The van der Waals surface area contributed by atoms with Crippen molar-refractivity contribution in [1.29, 1.82) is 0 Å². The second-order valence-electron chi connectivity index (χ2n) is 14.1. The Balaban J connectivity index is 0.00000104. The number of Topliss-reactive ketones (excluding diaryl/α,β-unsaturated/α-hetero) is 1. The SMILES string of the molecule is CC(=O)CCC(C)C.CCC(C)C=O.CCCC(CCC(C)C)CN1CCC(C2=CCC(C)C(N(C)C(=O)CC)=C2)CC1. The Morgan fingerprint density at radius 1 is 0.977 bits per heavy atom. The lowest BCUT2D eigenvalue weighted by molar-refractivity contribution is -0.128. The highest BCUT2D eigenvalue weighted by atomic mass is 16.2. The van der Waals surface area contributed by atoms with Gasteiger partial charge in [-0.15, -0.1) is 0 Å². The maximum Gasteiger partial charge on any atom is 0.226 e. The van der Waals surface area contributed by atoms with Gasteiger partial charge < -0.3 is 19.4 Å². The molecule has 0 saturated carbocycles. The van der Waals surface area contributed by atoms with Gasteiger partial charge in [0.05, 0.1) is 0 Å². The van der Waals surface area contributed by atoms with Crippen LogP contribution in [-0.2, 0) is 14.4 Å². The predicted octanol–water partition coefficient (Wildman–Crippen LogP) is 9.51. The van der Waals surface area contributed by atoms with Crippen LogP contribution in [0.3, 0.4) is 0 Å². The molecular formula is C38H70N2O3. The van der Waals surface area contributed by atoms with Gasteiger partial charge in [-0.25, -0.2) is 0 Å². The predicted molar refractivity (Wildman–Crippen MR) is 185 cm³/mol. The van der Waals surface area contributed by atoms with Crippen LogP contribution >= 0.6 is 0 Å². The molecule has 0 bridgehead atoms. The molecule has 0 aromatic rings. The molecule has 5 nitrogen and oxygen atoms in total. The summed E-state index contributed by atoms with van der Waals surface area (Å²) in [5.41, 5.74) is 2.70. The number of piperidine rings is 1. The molecule has 1 aliphatic carbocycles. The van der Waals surface area contributed by atoms with Crippen LogP contribution in [0.1, 0.15) is 140 Å². The summed E-state index contributed by atoms with van der Waals surface area (Å²) < 4.78 is 0. The minimum Gasteiger partial charge on any atom is -0.319 e. The van der Waals surface area contributed by atoms with Gasteiger partial charge in [0.2, 0.25) is 5.91 Å². The van der Waals surface area contributed by atoms with E-state index in [9.17, 15) is 14.4 Å². The molecule has 0 N–H and O–H groups in total. The number of amides is 1. The largest absolute Gasteiger partial charge is 0.319 e. The van der Waals surface area contributed by atoms with E-state index in [1.807, 2.05) is 32.7 Å². The number of carbonyl (C=O) groups is 3. The first kappa shape index (κ1) is 41.2. The molecule has 0 aromatic carbocycles. The summed E-state index contributed by atoms with van der Waals surface area (Å²) in [6, 6.07) is 0. The van der Waals surface area contributed by atoms with Gasteiger partial charge in [0.25, 0.3) is 0 Å². The summed E-state index contributed by atoms with van der Waals surface area (Å²) in [5.74, 6) is 4.24. The third-order valence-corrected chi connectivity index (χ3v) is 8.96. The molecular weight excluding hydrogens is 532 g/mol. The third kappa shape index (κ3) is 18.6. The number of hydrogen-bond donors (Lipinski definition) is 0. The number of ketones is 1. The maximum absolute atomic E-state index is 12.2. The molecule has 5 heteroatoms. The molecule has 2 rings (SSSR count). The van der Waals surface area contributed by atoms with Crippen LogP contribution in [0, 0.1) is 35.5 Å². The van der Waals surface area contributed by atoms with E-state index in [0.29, 0.717) is 30.0 Å². The normalized spacial score (nSPS) is 18.9. The number of rotatable bonds is 15. The van der Waals surface area contributed by atoms with E-state index in [1.165, 1.54) is 69.4 Å². The monoisotopic (exact) mass is 603 g/mol. The molecule has 1 saturated heterocycles. The summed E-state index contributed by atoms with van der Waals surface area (Å²) in [6.07, 6.45) is 18.1. The molecule has 1 aliphatic heterocycles. The molecule has 1 heterocycles. The van der Waals surface area contributed by atoms with Crippen LogP contribution < -0.4 is 0 Å². The van der Waals surface area contributed by atoms with Crippen LogP contribution in [0.5, 0.6) is 0 Å². The standard InChI is InChI=1S/C26H46N2O.C7H14O.C5H10O/c1-7-9-22(12-10-20(3)4)19-28-16-14-23(15-17-28)24-13-11-21(5)25(18-24)27(6)26(29)8-2;1-6(2)4-5-7(3)8;1-3-5(2)4-6/h13,18,20-23H,7-12,14-17,19H2,1-6H3;6H,4-5H2,1-3H3;4-5H,3H2,1-2H3. The Hall–Kier alpha value is -1.75. The summed E-state index contributed by atoms with van der Waals surface area (Å²) in [4.78, 5) is 36.9. The molecule has 1 amide bonds. The van der Waals surface area contributed by atoms with Crippen molar-refractivity contribution in [2.75, 3.05) is 26.7 Å². The lowest BCUT2D eigenvalue weighted by Crippen LogP contribution is -2.38. The molecule has 3 atom stereocenters. The zero-order valence-electron chi connectivity index (χ0n) is 30.2. The summed E-state index contributed by atoms with van der Waals surface area (Å²) in [7, 11) is 1.95. The smallest absolute Gasteiger partial charge is 0.226 e. The highest BCUT2D eigenvalue weighted by Crippen LogP contribution is 2.34. The lowest BCUT2D eigenvalue weighted by atomic mass is 9.82. The Labute approximate surface area is 267 Å². The molecule has 0 aromatic heterocycles. The number of aldehydes is 1. The lowest BCUT2D eigenvalue weighted by Gasteiger charge is -2.36. The first-order valence-electron chi connectivity index (χ1n) is 17.6. The van der Waals surface area contributed by atoms with Gasteiger partial charge in [0.15, 0.2) is 0 Å². The Morgan fingerprint density at radius 3 is 2.00 bits per heavy atom. The average Bonchev–Trinajstić information content (AvgIpc) is 2.99. The third-order valence-electron chi connectivity index (χ3n) is 8.96. The van der Waals surface area contributed by atoms with Crippen molar-refractivity contribution < 1.29 is 14.4 Å². The van der Waals surface area contributed by atoms with E-state index in [0.717, 1.165) is 43.8 Å². The van der Waals surface area contributed by atoms with Crippen molar-refractivity contribution >= 4 is 18.0 Å². The molecule has 3 unspecified atom stereocenters. The van der Waals surface area contributed by atoms with Gasteiger partial charge >= 0.3 is 0 Å². The first-order chi connectivity index (χ1) is 20.3.